The van der Waals surface area contributed by atoms with Gasteiger partial charge < -0.3 is 14.2 Å². The van der Waals surface area contributed by atoms with Crippen LogP contribution in [-0.2, 0) is 18.6 Å². The molecule has 2 atom stereocenters. The third kappa shape index (κ3) is 5.76. The topological polar surface area (TPSA) is 62.3 Å². The van der Waals surface area contributed by atoms with Gasteiger partial charge >= 0.3 is 7.67 Å². The van der Waals surface area contributed by atoms with Crippen molar-refractivity contribution in [2.75, 3.05) is 46.9 Å². The van der Waals surface area contributed by atoms with Crippen LogP contribution in [0.4, 0.5) is 0 Å². The van der Waals surface area contributed by atoms with Crippen LogP contribution in [0, 0.1) is 0 Å². The summed E-state index contributed by atoms with van der Waals surface area (Å²) in [6.07, 6.45) is 1.80. The van der Waals surface area contributed by atoms with Crippen molar-refractivity contribution in [3.05, 3.63) is 0 Å². The molecular formula is C17H36N3O4P. The van der Waals surface area contributed by atoms with E-state index in [0.29, 0.717) is 32.8 Å². The first-order chi connectivity index (χ1) is 11.6. The molecule has 148 valence electrons. The summed E-state index contributed by atoms with van der Waals surface area (Å²) < 4.78 is 28.5. The maximum atomic E-state index is 13.4. The highest BCUT2D eigenvalue weighted by atomic mass is 31.2. The van der Waals surface area contributed by atoms with Gasteiger partial charge in [-0.1, -0.05) is 13.3 Å². The molecule has 1 amide bonds. The Morgan fingerprint density at radius 3 is 2.20 bits per heavy atom. The van der Waals surface area contributed by atoms with Crippen molar-refractivity contribution in [2.45, 2.75) is 59.2 Å². The van der Waals surface area contributed by atoms with Gasteiger partial charge in [-0.2, -0.15) is 0 Å². The first-order valence-electron chi connectivity index (χ1n) is 9.23. The molecule has 0 aromatic heterocycles. The Kier molecular flexibility index (Phi) is 8.55. The van der Waals surface area contributed by atoms with Crippen molar-refractivity contribution in [3.8, 4) is 0 Å². The average Bonchev–Trinajstić information content (AvgIpc) is 2.54. The van der Waals surface area contributed by atoms with E-state index < -0.39 is 13.3 Å². The zero-order chi connectivity index (χ0) is 19.3. The molecule has 0 saturated carbocycles. The Labute approximate surface area is 153 Å². The molecular weight excluding hydrogens is 341 g/mol. The van der Waals surface area contributed by atoms with Gasteiger partial charge in [-0.05, 0) is 48.2 Å². The second-order valence-electron chi connectivity index (χ2n) is 7.23. The van der Waals surface area contributed by atoms with Gasteiger partial charge in [0.05, 0.1) is 6.10 Å². The Morgan fingerprint density at radius 1 is 1.20 bits per heavy atom. The standard InChI is InChI=1S/C17H36N3O4P/c1-8-10-15(3)24-25(22,18(6)7)20-13-11-19(12-14-20)16(21)17(4,5)23-9-2/h15H,8-14H2,1-7H3. The zero-order valence-corrected chi connectivity index (χ0v) is 17.8. The number of nitrogens with zero attached hydrogens (tertiary/aromatic N) is 3. The first-order valence-corrected chi connectivity index (χ1v) is 10.8. The first kappa shape index (κ1) is 22.6. The maximum absolute atomic E-state index is 13.4. The molecule has 1 heterocycles. The summed E-state index contributed by atoms with van der Waals surface area (Å²) in [5.74, 6) is -0.0195. The third-order valence-electron chi connectivity index (χ3n) is 4.44. The summed E-state index contributed by atoms with van der Waals surface area (Å²) in [6.45, 7) is 12.1. The molecule has 0 spiro atoms. The lowest BCUT2D eigenvalue weighted by Crippen LogP contribution is -2.54. The van der Waals surface area contributed by atoms with E-state index in [1.807, 2.05) is 18.5 Å². The fourth-order valence-electron chi connectivity index (χ4n) is 3.06. The third-order valence-corrected chi connectivity index (χ3v) is 7.20. The average molecular weight is 377 g/mol. The minimum absolute atomic E-state index is 0.0195. The van der Waals surface area contributed by atoms with Gasteiger partial charge in [0.1, 0.15) is 5.60 Å². The monoisotopic (exact) mass is 377 g/mol. The van der Waals surface area contributed by atoms with Crippen LogP contribution in [0.25, 0.3) is 0 Å². The Balaban J connectivity index is 2.75. The van der Waals surface area contributed by atoms with E-state index in [9.17, 15) is 9.36 Å². The van der Waals surface area contributed by atoms with Crippen molar-refractivity contribution in [3.63, 3.8) is 0 Å². The van der Waals surface area contributed by atoms with Crippen LogP contribution in [0.15, 0.2) is 0 Å². The fourth-order valence-corrected chi connectivity index (χ4v) is 5.15. The van der Waals surface area contributed by atoms with Gasteiger partial charge in [-0.15, -0.1) is 0 Å². The van der Waals surface area contributed by atoms with E-state index in [2.05, 4.69) is 6.92 Å². The molecule has 2 unspecified atom stereocenters. The van der Waals surface area contributed by atoms with Crippen molar-refractivity contribution in [1.82, 2.24) is 14.2 Å². The molecule has 1 fully saturated rings. The second-order valence-corrected chi connectivity index (χ2v) is 9.79. The predicted molar refractivity (Wildman–Crippen MR) is 101 cm³/mol. The van der Waals surface area contributed by atoms with Crippen LogP contribution >= 0.6 is 7.67 Å². The molecule has 1 saturated heterocycles. The lowest BCUT2D eigenvalue weighted by molar-refractivity contribution is -0.155. The number of hydrogen-bond acceptors (Lipinski definition) is 4. The van der Waals surface area contributed by atoms with Gasteiger partial charge in [0.25, 0.3) is 5.91 Å². The number of piperazine rings is 1. The highest BCUT2D eigenvalue weighted by Crippen LogP contribution is 2.54. The molecule has 0 N–H and O–H groups in total. The molecule has 7 nitrogen and oxygen atoms in total. The lowest BCUT2D eigenvalue weighted by Gasteiger charge is -2.42. The number of hydrogen-bond donors (Lipinski definition) is 0. The lowest BCUT2D eigenvalue weighted by atomic mass is 10.1. The maximum Gasteiger partial charge on any atom is 0.345 e. The van der Waals surface area contributed by atoms with Gasteiger partial charge in [0, 0.05) is 32.8 Å². The molecule has 8 heteroatoms. The summed E-state index contributed by atoms with van der Waals surface area (Å²) in [7, 11) is 0.509. The molecule has 25 heavy (non-hydrogen) atoms. The molecule has 0 aromatic rings. The second kappa shape index (κ2) is 9.47. The number of carbonyl (C=O) groups excluding carboxylic acids is 1. The number of rotatable bonds is 9. The van der Waals surface area contributed by atoms with Crippen molar-refractivity contribution < 1.29 is 18.6 Å². The van der Waals surface area contributed by atoms with Crippen LogP contribution in [-0.4, -0.2) is 78.7 Å². The van der Waals surface area contributed by atoms with Gasteiger partial charge in [-0.3, -0.25) is 9.36 Å². The van der Waals surface area contributed by atoms with E-state index >= 15 is 0 Å². The molecule has 0 aliphatic carbocycles. The van der Waals surface area contributed by atoms with E-state index in [0.717, 1.165) is 12.8 Å². The van der Waals surface area contributed by atoms with Crippen LogP contribution in [0.5, 0.6) is 0 Å². The van der Waals surface area contributed by atoms with Crippen molar-refractivity contribution >= 4 is 13.6 Å². The minimum atomic E-state index is -3.07. The number of carbonyl (C=O) groups is 1. The quantitative estimate of drug-likeness (QED) is 0.576. The molecule has 1 aliphatic heterocycles. The molecule has 0 aromatic carbocycles. The number of ether oxygens (including phenoxy) is 1. The van der Waals surface area contributed by atoms with E-state index in [4.69, 9.17) is 9.26 Å². The normalized spacial score (nSPS) is 20.6. The smallest absolute Gasteiger partial charge is 0.345 e. The van der Waals surface area contributed by atoms with Crippen LogP contribution < -0.4 is 0 Å². The number of amides is 1. The van der Waals surface area contributed by atoms with Crippen molar-refractivity contribution in [1.29, 1.82) is 0 Å². The molecule has 0 radical (unpaired) electrons. The zero-order valence-electron chi connectivity index (χ0n) is 16.9. The summed E-state index contributed by atoms with van der Waals surface area (Å²) in [4.78, 5) is 14.4. The SMILES string of the molecule is CCCC(C)OP(=O)(N(C)C)N1CCN(C(=O)C(C)(C)OCC)CC1. The molecule has 1 rings (SSSR count). The van der Waals surface area contributed by atoms with Gasteiger partial charge in [0.15, 0.2) is 0 Å². The Morgan fingerprint density at radius 2 is 1.76 bits per heavy atom. The van der Waals surface area contributed by atoms with Crippen molar-refractivity contribution in [2.24, 2.45) is 0 Å². The van der Waals surface area contributed by atoms with Crippen LogP contribution in [0.3, 0.4) is 0 Å². The Bertz CT molecular complexity index is 477. The summed E-state index contributed by atoms with van der Waals surface area (Å²) in [6, 6.07) is 0. The van der Waals surface area contributed by atoms with Crippen LogP contribution in [0.2, 0.25) is 0 Å². The highest BCUT2D eigenvalue weighted by molar-refractivity contribution is 7.53. The Hall–Kier alpha value is -0.460. The molecule has 1 aliphatic rings. The van der Waals surface area contributed by atoms with E-state index in [1.165, 1.54) is 0 Å². The summed E-state index contributed by atoms with van der Waals surface area (Å²) >= 11 is 0. The van der Waals surface area contributed by atoms with Crippen LogP contribution in [0.1, 0.15) is 47.5 Å². The largest absolute Gasteiger partial charge is 0.366 e. The summed E-state index contributed by atoms with van der Waals surface area (Å²) in [5.41, 5.74) is -0.825. The summed E-state index contributed by atoms with van der Waals surface area (Å²) in [5, 5.41) is 0. The van der Waals surface area contributed by atoms with E-state index in [-0.39, 0.29) is 12.0 Å². The molecule has 0 bridgehead atoms. The van der Waals surface area contributed by atoms with E-state index in [1.54, 1.807) is 37.5 Å². The van der Waals surface area contributed by atoms with Gasteiger partial charge in [-0.25, -0.2) is 9.34 Å². The minimum Gasteiger partial charge on any atom is -0.366 e. The highest BCUT2D eigenvalue weighted by Gasteiger charge is 2.41. The fraction of sp³-hybridized carbons (Fsp3) is 0.941. The van der Waals surface area contributed by atoms with Gasteiger partial charge in [0.2, 0.25) is 0 Å². The predicted octanol–water partition coefficient (Wildman–Crippen LogP) is 2.82.